The Morgan fingerprint density at radius 2 is 2.13 bits per heavy atom. The molecular weight excluding hydrogens is 220 g/mol. The molecule has 0 spiro atoms. The first-order chi connectivity index (χ1) is 6.94. The molecule has 0 aromatic carbocycles. The molecule has 6 nitrogen and oxygen atoms in total. The number of imidazole rings is 1. The Morgan fingerprint density at radius 3 is 2.53 bits per heavy atom. The third-order valence-electron chi connectivity index (χ3n) is 2.01. The molecule has 0 aliphatic carbocycles. The van der Waals surface area contributed by atoms with Crippen LogP contribution in [-0.2, 0) is 16.4 Å². The van der Waals surface area contributed by atoms with Crippen LogP contribution in [0.5, 0.6) is 0 Å². The first kappa shape index (κ1) is 11.7. The molecule has 0 aliphatic rings. The number of hydrogen-bond acceptors (Lipinski definition) is 4. The SMILES string of the molecule is CCn1c(C(=O)O)cnc1S(=O)(=O)CC. The van der Waals surface area contributed by atoms with Gasteiger partial charge >= 0.3 is 5.97 Å². The summed E-state index contributed by atoms with van der Waals surface area (Å²) in [6, 6.07) is 0. The van der Waals surface area contributed by atoms with Crippen LogP contribution in [0.15, 0.2) is 11.4 Å². The highest BCUT2D eigenvalue weighted by atomic mass is 32.2. The predicted molar refractivity (Wildman–Crippen MR) is 52.6 cm³/mol. The minimum Gasteiger partial charge on any atom is -0.477 e. The number of hydrogen-bond donors (Lipinski definition) is 1. The molecule has 1 aromatic heterocycles. The summed E-state index contributed by atoms with van der Waals surface area (Å²) in [6.07, 6.45) is 1.06. The molecule has 0 saturated carbocycles. The van der Waals surface area contributed by atoms with E-state index in [1.54, 1.807) is 6.92 Å². The molecule has 7 heteroatoms. The largest absolute Gasteiger partial charge is 0.477 e. The van der Waals surface area contributed by atoms with Gasteiger partial charge in [0, 0.05) is 6.54 Å². The number of carbonyl (C=O) groups is 1. The van der Waals surface area contributed by atoms with Crippen molar-refractivity contribution in [3.63, 3.8) is 0 Å². The fourth-order valence-corrected chi connectivity index (χ4v) is 2.25. The maximum Gasteiger partial charge on any atom is 0.354 e. The van der Waals surface area contributed by atoms with E-state index >= 15 is 0 Å². The molecule has 0 atom stereocenters. The van der Waals surface area contributed by atoms with Crippen LogP contribution in [0.2, 0.25) is 0 Å². The molecule has 1 aromatic rings. The van der Waals surface area contributed by atoms with Crippen molar-refractivity contribution in [2.75, 3.05) is 5.75 Å². The average Bonchev–Trinajstić information content (AvgIpc) is 2.61. The van der Waals surface area contributed by atoms with E-state index in [-0.39, 0.29) is 23.1 Å². The van der Waals surface area contributed by atoms with Gasteiger partial charge in [0.1, 0.15) is 5.69 Å². The summed E-state index contributed by atoms with van der Waals surface area (Å²) in [5, 5.41) is 8.62. The molecule has 0 bridgehead atoms. The van der Waals surface area contributed by atoms with Crippen LogP contribution < -0.4 is 0 Å². The van der Waals surface area contributed by atoms with Gasteiger partial charge in [-0.05, 0) is 6.92 Å². The summed E-state index contributed by atoms with van der Waals surface area (Å²) in [5.41, 5.74) is -0.107. The molecule has 1 heterocycles. The monoisotopic (exact) mass is 232 g/mol. The smallest absolute Gasteiger partial charge is 0.354 e. The predicted octanol–water partition coefficient (Wildman–Crippen LogP) is 0.395. The van der Waals surface area contributed by atoms with Crippen LogP contribution in [0.1, 0.15) is 24.3 Å². The number of aromatic carboxylic acids is 1. The van der Waals surface area contributed by atoms with E-state index in [0.29, 0.717) is 0 Å². The zero-order valence-corrected chi connectivity index (χ0v) is 9.28. The maximum atomic E-state index is 11.5. The van der Waals surface area contributed by atoms with E-state index in [1.165, 1.54) is 11.5 Å². The molecule has 0 saturated heterocycles. The number of rotatable bonds is 4. The zero-order chi connectivity index (χ0) is 11.6. The lowest BCUT2D eigenvalue weighted by Crippen LogP contribution is -2.15. The minimum atomic E-state index is -3.47. The Kier molecular flexibility index (Phi) is 3.13. The molecule has 15 heavy (non-hydrogen) atoms. The quantitative estimate of drug-likeness (QED) is 0.811. The number of nitrogens with zero attached hydrogens (tertiary/aromatic N) is 2. The molecule has 0 fully saturated rings. The van der Waals surface area contributed by atoms with Crippen LogP contribution in [0.3, 0.4) is 0 Å². The topological polar surface area (TPSA) is 89.3 Å². The first-order valence-electron chi connectivity index (χ1n) is 4.45. The lowest BCUT2D eigenvalue weighted by molar-refractivity contribution is 0.0684. The summed E-state index contributed by atoms with van der Waals surface area (Å²) in [4.78, 5) is 14.4. The molecule has 0 aliphatic heterocycles. The van der Waals surface area contributed by atoms with Crippen molar-refractivity contribution in [2.45, 2.75) is 25.5 Å². The van der Waals surface area contributed by atoms with Crippen molar-refractivity contribution in [1.82, 2.24) is 9.55 Å². The number of carboxylic acid groups (broad SMARTS) is 1. The molecule has 0 amide bonds. The van der Waals surface area contributed by atoms with Crippen LogP contribution in [-0.4, -0.2) is 34.8 Å². The molecule has 1 rings (SSSR count). The van der Waals surface area contributed by atoms with Gasteiger partial charge < -0.3 is 9.67 Å². The van der Waals surface area contributed by atoms with Crippen molar-refractivity contribution in [1.29, 1.82) is 0 Å². The highest BCUT2D eigenvalue weighted by Crippen LogP contribution is 2.12. The van der Waals surface area contributed by atoms with Gasteiger partial charge in [-0.15, -0.1) is 0 Å². The second kappa shape index (κ2) is 4.01. The van der Waals surface area contributed by atoms with Crippen molar-refractivity contribution < 1.29 is 18.3 Å². The van der Waals surface area contributed by atoms with Gasteiger partial charge in [0.15, 0.2) is 0 Å². The lowest BCUT2D eigenvalue weighted by atomic mass is 10.5. The van der Waals surface area contributed by atoms with Crippen molar-refractivity contribution in [2.24, 2.45) is 0 Å². The lowest BCUT2D eigenvalue weighted by Gasteiger charge is -2.05. The van der Waals surface area contributed by atoms with E-state index < -0.39 is 15.8 Å². The van der Waals surface area contributed by atoms with Crippen LogP contribution >= 0.6 is 0 Å². The fourth-order valence-electron chi connectivity index (χ4n) is 1.21. The van der Waals surface area contributed by atoms with Gasteiger partial charge in [-0.2, -0.15) is 0 Å². The Bertz CT molecular complexity index is 475. The molecule has 1 N–H and O–H groups in total. The Hall–Kier alpha value is -1.37. The summed E-state index contributed by atoms with van der Waals surface area (Å²) >= 11 is 0. The van der Waals surface area contributed by atoms with Crippen LogP contribution in [0.4, 0.5) is 0 Å². The third-order valence-corrected chi connectivity index (χ3v) is 3.65. The number of carboxylic acids is 1. The molecule has 0 unspecified atom stereocenters. The van der Waals surface area contributed by atoms with Crippen molar-refractivity contribution >= 4 is 15.8 Å². The summed E-state index contributed by atoms with van der Waals surface area (Å²) in [5.74, 6) is -1.27. The van der Waals surface area contributed by atoms with E-state index in [1.807, 2.05) is 0 Å². The van der Waals surface area contributed by atoms with Gasteiger partial charge in [-0.3, -0.25) is 0 Å². The second-order valence-corrected chi connectivity index (χ2v) is 5.05. The van der Waals surface area contributed by atoms with Gasteiger partial charge in [0.2, 0.25) is 15.0 Å². The van der Waals surface area contributed by atoms with E-state index in [0.717, 1.165) is 6.20 Å². The Morgan fingerprint density at radius 1 is 1.53 bits per heavy atom. The van der Waals surface area contributed by atoms with Gasteiger partial charge in [-0.25, -0.2) is 18.2 Å². The van der Waals surface area contributed by atoms with E-state index in [9.17, 15) is 13.2 Å². The summed E-state index contributed by atoms with van der Waals surface area (Å²) in [6.45, 7) is 3.42. The summed E-state index contributed by atoms with van der Waals surface area (Å²) < 4.78 is 24.3. The normalized spacial score (nSPS) is 11.6. The number of aromatic nitrogens is 2. The van der Waals surface area contributed by atoms with Crippen LogP contribution in [0, 0.1) is 0 Å². The van der Waals surface area contributed by atoms with E-state index in [2.05, 4.69) is 4.98 Å². The Labute approximate surface area is 87.5 Å². The highest BCUT2D eigenvalue weighted by molar-refractivity contribution is 7.91. The average molecular weight is 232 g/mol. The van der Waals surface area contributed by atoms with Gasteiger partial charge in [0.05, 0.1) is 11.9 Å². The molecule has 84 valence electrons. The first-order valence-corrected chi connectivity index (χ1v) is 6.10. The van der Waals surface area contributed by atoms with E-state index in [4.69, 9.17) is 5.11 Å². The summed E-state index contributed by atoms with van der Waals surface area (Å²) in [7, 11) is -3.47. The Balaban J connectivity index is 3.40. The fraction of sp³-hybridized carbons (Fsp3) is 0.500. The highest BCUT2D eigenvalue weighted by Gasteiger charge is 2.23. The molecular formula is C8H12N2O4S. The number of sulfone groups is 1. The van der Waals surface area contributed by atoms with Crippen LogP contribution in [0.25, 0.3) is 0 Å². The zero-order valence-electron chi connectivity index (χ0n) is 8.47. The van der Waals surface area contributed by atoms with Crippen molar-refractivity contribution in [3.05, 3.63) is 11.9 Å². The third kappa shape index (κ3) is 2.01. The molecule has 0 radical (unpaired) electrons. The maximum absolute atomic E-state index is 11.5. The second-order valence-electron chi connectivity index (χ2n) is 2.88. The van der Waals surface area contributed by atoms with Gasteiger partial charge in [0.25, 0.3) is 0 Å². The van der Waals surface area contributed by atoms with Crippen molar-refractivity contribution in [3.8, 4) is 0 Å². The van der Waals surface area contributed by atoms with Gasteiger partial charge in [-0.1, -0.05) is 6.92 Å². The standard InChI is InChI=1S/C8H12N2O4S/c1-3-10-6(7(11)12)5-9-8(10)15(13,14)4-2/h5H,3-4H2,1-2H3,(H,11,12). The minimum absolute atomic E-state index is 0.0942.